The number of hydrogen-bond donors (Lipinski definition) is 4. The standard InChI is InChI=1S/C23H30N4O3/c1-17-4-9-22(30-3)19(14-17)15-26-10-12-27(13-11-26)16-23(29)25-21-7-5-20(6-8-21)24-18(2)28/h4-9,14H,10-13,15-16H2,1-3H3,(H,24,28)(H,25,29)/p+2. The molecule has 4 N–H and O–H groups in total. The summed E-state index contributed by atoms with van der Waals surface area (Å²) in [6, 6.07) is 13.5. The van der Waals surface area contributed by atoms with E-state index in [0.29, 0.717) is 6.54 Å². The monoisotopic (exact) mass is 412 g/mol. The van der Waals surface area contributed by atoms with Crippen molar-refractivity contribution in [2.24, 2.45) is 0 Å². The van der Waals surface area contributed by atoms with Gasteiger partial charge in [0, 0.05) is 23.9 Å². The van der Waals surface area contributed by atoms with Crippen molar-refractivity contribution in [2.75, 3.05) is 50.5 Å². The quantitative estimate of drug-likeness (QED) is 0.512. The third kappa shape index (κ3) is 6.30. The van der Waals surface area contributed by atoms with Crippen molar-refractivity contribution in [1.29, 1.82) is 0 Å². The number of benzene rings is 2. The van der Waals surface area contributed by atoms with Crippen LogP contribution < -0.4 is 25.2 Å². The molecule has 2 aromatic carbocycles. The molecule has 0 saturated carbocycles. The molecule has 1 saturated heterocycles. The molecule has 2 aromatic rings. The Balaban J connectivity index is 1.45. The summed E-state index contributed by atoms with van der Waals surface area (Å²) in [5.41, 5.74) is 3.95. The SMILES string of the molecule is COc1ccc(C)cc1C[NH+]1CC[NH+](CC(=O)Nc2ccc(NC(C)=O)cc2)CC1. The van der Waals surface area contributed by atoms with Crippen molar-refractivity contribution in [3.63, 3.8) is 0 Å². The molecule has 1 aliphatic rings. The minimum Gasteiger partial charge on any atom is -0.496 e. The maximum absolute atomic E-state index is 12.4. The lowest BCUT2D eigenvalue weighted by atomic mass is 10.1. The molecule has 0 spiro atoms. The predicted octanol–water partition coefficient (Wildman–Crippen LogP) is -0.116. The van der Waals surface area contributed by atoms with Crippen LogP contribution in [-0.2, 0) is 16.1 Å². The van der Waals surface area contributed by atoms with E-state index in [4.69, 9.17) is 4.74 Å². The van der Waals surface area contributed by atoms with Crippen molar-refractivity contribution in [2.45, 2.75) is 20.4 Å². The zero-order valence-electron chi connectivity index (χ0n) is 18.0. The second-order valence-corrected chi connectivity index (χ2v) is 7.98. The van der Waals surface area contributed by atoms with E-state index in [1.165, 1.54) is 27.9 Å². The molecule has 0 radical (unpaired) electrons. The molecule has 0 aliphatic carbocycles. The van der Waals surface area contributed by atoms with Crippen molar-refractivity contribution in [3.05, 3.63) is 53.6 Å². The Labute approximate surface area is 178 Å². The number of methoxy groups -OCH3 is 1. The van der Waals surface area contributed by atoms with Crippen molar-refractivity contribution in [3.8, 4) is 5.75 Å². The number of aryl methyl sites for hydroxylation is 1. The zero-order valence-corrected chi connectivity index (χ0v) is 18.0. The summed E-state index contributed by atoms with van der Waals surface area (Å²) in [5.74, 6) is 0.852. The molecule has 2 amide bonds. The Morgan fingerprint density at radius 1 is 0.933 bits per heavy atom. The highest BCUT2D eigenvalue weighted by Crippen LogP contribution is 2.18. The van der Waals surface area contributed by atoms with Gasteiger partial charge in [0.05, 0.1) is 7.11 Å². The van der Waals surface area contributed by atoms with Crippen LogP contribution in [0.25, 0.3) is 0 Å². The fourth-order valence-corrected chi connectivity index (χ4v) is 3.90. The number of carbonyl (C=O) groups excluding carboxylic acids is 2. The van der Waals surface area contributed by atoms with Crippen LogP contribution in [0, 0.1) is 6.92 Å². The van der Waals surface area contributed by atoms with E-state index in [-0.39, 0.29) is 11.8 Å². The highest BCUT2D eigenvalue weighted by Gasteiger charge is 2.25. The lowest BCUT2D eigenvalue weighted by Gasteiger charge is -2.29. The lowest BCUT2D eigenvalue weighted by Crippen LogP contribution is -3.28. The van der Waals surface area contributed by atoms with Crippen LogP contribution in [0.2, 0.25) is 0 Å². The van der Waals surface area contributed by atoms with Gasteiger partial charge < -0.3 is 25.2 Å². The topological polar surface area (TPSA) is 76.3 Å². The first kappa shape index (κ1) is 21.8. The summed E-state index contributed by atoms with van der Waals surface area (Å²) in [7, 11) is 1.72. The second kappa shape index (κ2) is 10.2. The Morgan fingerprint density at radius 3 is 2.13 bits per heavy atom. The van der Waals surface area contributed by atoms with E-state index >= 15 is 0 Å². The number of rotatable bonds is 7. The molecular weight excluding hydrogens is 380 g/mol. The Kier molecular flexibility index (Phi) is 7.43. The highest BCUT2D eigenvalue weighted by molar-refractivity contribution is 5.92. The largest absolute Gasteiger partial charge is 0.496 e. The van der Waals surface area contributed by atoms with E-state index in [0.717, 1.165) is 49.8 Å². The number of piperazine rings is 1. The van der Waals surface area contributed by atoms with E-state index in [2.05, 4.69) is 29.7 Å². The minimum absolute atomic E-state index is 0.0149. The molecule has 7 heteroatoms. The van der Waals surface area contributed by atoms with Crippen LogP contribution in [-0.4, -0.2) is 51.6 Å². The third-order valence-corrected chi connectivity index (χ3v) is 5.44. The van der Waals surface area contributed by atoms with Crippen molar-refractivity contribution >= 4 is 23.2 Å². The van der Waals surface area contributed by atoms with Gasteiger partial charge in [-0.3, -0.25) is 9.59 Å². The van der Waals surface area contributed by atoms with Crippen molar-refractivity contribution in [1.82, 2.24) is 0 Å². The van der Waals surface area contributed by atoms with Crippen LogP contribution in [0.5, 0.6) is 5.75 Å². The molecule has 1 fully saturated rings. The van der Waals surface area contributed by atoms with Gasteiger partial charge in [-0.1, -0.05) is 11.6 Å². The molecule has 7 nitrogen and oxygen atoms in total. The van der Waals surface area contributed by atoms with E-state index in [1.54, 1.807) is 31.4 Å². The molecule has 0 unspecified atom stereocenters. The van der Waals surface area contributed by atoms with Crippen LogP contribution >= 0.6 is 0 Å². The molecular formula is C23H32N4O3+2. The molecule has 0 bridgehead atoms. The predicted molar refractivity (Wildman–Crippen MR) is 117 cm³/mol. The summed E-state index contributed by atoms with van der Waals surface area (Å²) in [6.07, 6.45) is 0. The Morgan fingerprint density at radius 2 is 1.53 bits per heavy atom. The summed E-state index contributed by atoms with van der Waals surface area (Å²) < 4.78 is 5.51. The molecule has 0 aromatic heterocycles. The average molecular weight is 413 g/mol. The molecule has 0 atom stereocenters. The number of amides is 2. The van der Waals surface area contributed by atoms with Gasteiger partial charge in [0.15, 0.2) is 6.54 Å². The average Bonchev–Trinajstić information content (AvgIpc) is 2.71. The maximum atomic E-state index is 12.4. The normalized spacial score (nSPS) is 18.5. The molecule has 30 heavy (non-hydrogen) atoms. The zero-order chi connectivity index (χ0) is 21.5. The van der Waals surface area contributed by atoms with Crippen LogP contribution in [0.15, 0.2) is 42.5 Å². The van der Waals surface area contributed by atoms with Gasteiger partial charge in [-0.25, -0.2) is 0 Å². The minimum atomic E-state index is -0.113. The number of ether oxygens (including phenoxy) is 1. The van der Waals surface area contributed by atoms with Gasteiger partial charge in [-0.15, -0.1) is 0 Å². The number of nitrogens with one attached hydrogen (secondary N) is 4. The fraction of sp³-hybridized carbons (Fsp3) is 0.391. The van der Waals surface area contributed by atoms with Crippen LogP contribution in [0.4, 0.5) is 11.4 Å². The summed E-state index contributed by atoms with van der Waals surface area (Å²) >= 11 is 0. The van der Waals surface area contributed by atoms with E-state index in [1.807, 2.05) is 6.07 Å². The number of anilines is 2. The first-order valence-electron chi connectivity index (χ1n) is 10.4. The summed E-state index contributed by atoms with van der Waals surface area (Å²) in [4.78, 5) is 26.3. The first-order chi connectivity index (χ1) is 14.4. The van der Waals surface area contributed by atoms with Crippen LogP contribution in [0.1, 0.15) is 18.1 Å². The van der Waals surface area contributed by atoms with Gasteiger partial charge in [-0.05, 0) is 43.3 Å². The van der Waals surface area contributed by atoms with Crippen LogP contribution in [0.3, 0.4) is 0 Å². The second-order valence-electron chi connectivity index (χ2n) is 7.98. The van der Waals surface area contributed by atoms with Gasteiger partial charge in [-0.2, -0.15) is 0 Å². The highest BCUT2D eigenvalue weighted by atomic mass is 16.5. The Bertz CT molecular complexity index is 875. The molecule has 1 aliphatic heterocycles. The maximum Gasteiger partial charge on any atom is 0.279 e. The first-order valence-corrected chi connectivity index (χ1v) is 10.4. The Hall–Kier alpha value is -2.90. The number of quaternary nitrogens is 2. The third-order valence-electron chi connectivity index (χ3n) is 5.44. The number of carbonyl (C=O) groups is 2. The summed E-state index contributed by atoms with van der Waals surface area (Å²) in [6.45, 7) is 9.00. The fourth-order valence-electron chi connectivity index (χ4n) is 3.90. The number of hydrogen-bond acceptors (Lipinski definition) is 3. The van der Waals surface area contributed by atoms with Gasteiger partial charge in [0.25, 0.3) is 5.91 Å². The molecule has 160 valence electrons. The summed E-state index contributed by atoms with van der Waals surface area (Å²) in [5, 5.41) is 5.66. The lowest BCUT2D eigenvalue weighted by molar-refractivity contribution is -1.02. The van der Waals surface area contributed by atoms with E-state index < -0.39 is 0 Å². The van der Waals surface area contributed by atoms with E-state index in [9.17, 15) is 9.59 Å². The van der Waals surface area contributed by atoms with Gasteiger partial charge >= 0.3 is 0 Å². The molecule has 1 heterocycles. The smallest absolute Gasteiger partial charge is 0.279 e. The van der Waals surface area contributed by atoms with Gasteiger partial charge in [0.2, 0.25) is 5.91 Å². The van der Waals surface area contributed by atoms with Crippen molar-refractivity contribution < 1.29 is 24.1 Å². The molecule has 3 rings (SSSR count). The van der Waals surface area contributed by atoms with Gasteiger partial charge in [0.1, 0.15) is 38.5 Å².